The highest BCUT2D eigenvalue weighted by atomic mass is 16.5. The number of benzene rings is 1. The van der Waals surface area contributed by atoms with Crippen molar-refractivity contribution in [1.29, 1.82) is 0 Å². The molecule has 0 atom stereocenters. The molecule has 0 saturated carbocycles. The number of carbonyl (C=O) groups excluding carboxylic acids is 1. The fourth-order valence-electron chi connectivity index (χ4n) is 2.38. The van der Waals surface area contributed by atoms with Gasteiger partial charge in [-0.25, -0.2) is 4.98 Å². The third-order valence-electron chi connectivity index (χ3n) is 3.24. The topological polar surface area (TPSA) is 56.1 Å². The van der Waals surface area contributed by atoms with Crippen molar-refractivity contribution in [3.05, 3.63) is 29.6 Å². The fourth-order valence-corrected chi connectivity index (χ4v) is 2.38. The molecule has 0 unspecified atom stereocenters. The third kappa shape index (κ3) is 2.82. The number of hydrogen-bond donors (Lipinski definition) is 1. The molecule has 0 fully saturated rings. The SMILES string of the molecule is COCCNC(=O)c1ccc2c(c1)nc(C)n2C(C)C. The van der Waals surface area contributed by atoms with Crippen LogP contribution in [-0.4, -0.2) is 35.7 Å². The predicted molar refractivity (Wildman–Crippen MR) is 79.1 cm³/mol. The van der Waals surface area contributed by atoms with Gasteiger partial charge >= 0.3 is 0 Å². The molecule has 5 nitrogen and oxygen atoms in total. The summed E-state index contributed by atoms with van der Waals surface area (Å²) in [6, 6.07) is 5.98. The van der Waals surface area contributed by atoms with Crippen LogP contribution in [0.2, 0.25) is 0 Å². The van der Waals surface area contributed by atoms with E-state index in [-0.39, 0.29) is 5.91 Å². The summed E-state index contributed by atoms with van der Waals surface area (Å²) < 4.78 is 7.08. The monoisotopic (exact) mass is 275 g/mol. The van der Waals surface area contributed by atoms with Gasteiger partial charge in [0.05, 0.1) is 17.6 Å². The molecule has 2 aromatic rings. The number of nitrogens with zero attached hydrogens (tertiary/aromatic N) is 2. The van der Waals surface area contributed by atoms with E-state index in [4.69, 9.17) is 4.74 Å². The number of rotatable bonds is 5. The number of carbonyl (C=O) groups is 1. The van der Waals surface area contributed by atoms with Gasteiger partial charge in [-0.2, -0.15) is 0 Å². The quantitative estimate of drug-likeness (QED) is 0.852. The molecular formula is C15H21N3O2. The van der Waals surface area contributed by atoms with Crippen LogP contribution in [0.3, 0.4) is 0 Å². The van der Waals surface area contributed by atoms with E-state index in [0.29, 0.717) is 24.8 Å². The average Bonchev–Trinajstić information content (AvgIpc) is 2.73. The minimum absolute atomic E-state index is 0.0966. The lowest BCUT2D eigenvalue weighted by atomic mass is 10.2. The Morgan fingerprint density at radius 3 is 2.85 bits per heavy atom. The lowest BCUT2D eigenvalue weighted by Gasteiger charge is -2.10. The smallest absolute Gasteiger partial charge is 0.251 e. The zero-order chi connectivity index (χ0) is 14.7. The number of aromatic nitrogens is 2. The van der Waals surface area contributed by atoms with E-state index < -0.39 is 0 Å². The molecule has 0 aliphatic heterocycles. The van der Waals surface area contributed by atoms with E-state index in [1.54, 1.807) is 7.11 Å². The molecule has 0 aliphatic rings. The maximum Gasteiger partial charge on any atom is 0.251 e. The van der Waals surface area contributed by atoms with Crippen LogP contribution in [-0.2, 0) is 4.74 Å². The Bertz CT molecular complexity index is 617. The summed E-state index contributed by atoms with van der Waals surface area (Å²) in [5, 5.41) is 2.81. The van der Waals surface area contributed by atoms with Crippen molar-refractivity contribution in [1.82, 2.24) is 14.9 Å². The molecule has 2 rings (SSSR count). The van der Waals surface area contributed by atoms with Crippen molar-refractivity contribution >= 4 is 16.9 Å². The molecule has 108 valence electrons. The molecule has 0 radical (unpaired) electrons. The van der Waals surface area contributed by atoms with Crippen molar-refractivity contribution < 1.29 is 9.53 Å². The summed E-state index contributed by atoms with van der Waals surface area (Å²) in [6.07, 6.45) is 0. The maximum atomic E-state index is 12.0. The predicted octanol–water partition coefficient (Wildman–Crippen LogP) is 2.30. The molecule has 5 heteroatoms. The number of amides is 1. The van der Waals surface area contributed by atoms with Gasteiger partial charge in [-0.15, -0.1) is 0 Å². The molecular weight excluding hydrogens is 254 g/mol. The first-order valence-corrected chi connectivity index (χ1v) is 6.80. The van der Waals surface area contributed by atoms with Crippen molar-refractivity contribution in [3.8, 4) is 0 Å². The molecule has 1 aromatic heterocycles. The molecule has 1 amide bonds. The lowest BCUT2D eigenvalue weighted by Crippen LogP contribution is -2.26. The van der Waals surface area contributed by atoms with Gasteiger partial charge in [0.15, 0.2) is 0 Å². The molecule has 1 aromatic carbocycles. The second-order valence-electron chi connectivity index (χ2n) is 5.07. The maximum absolute atomic E-state index is 12.0. The largest absolute Gasteiger partial charge is 0.383 e. The van der Waals surface area contributed by atoms with Crippen molar-refractivity contribution in [3.63, 3.8) is 0 Å². The highest BCUT2D eigenvalue weighted by molar-refractivity contribution is 5.97. The zero-order valence-electron chi connectivity index (χ0n) is 12.4. The van der Waals surface area contributed by atoms with Crippen molar-refractivity contribution in [2.24, 2.45) is 0 Å². The summed E-state index contributed by atoms with van der Waals surface area (Å²) in [5.74, 6) is 0.868. The molecule has 0 saturated heterocycles. The van der Waals surface area contributed by atoms with E-state index in [9.17, 15) is 4.79 Å². The van der Waals surface area contributed by atoms with Crippen LogP contribution >= 0.6 is 0 Å². The second kappa shape index (κ2) is 6.05. The Balaban J connectivity index is 2.28. The minimum Gasteiger partial charge on any atom is -0.383 e. The van der Waals surface area contributed by atoms with E-state index in [1.807, 2.05) is 25.1 Å². The van der Waals surface area contributed by atoms with Crippen molar-refractivity contribution in [2.45, 2.75) is 26.8 Å². The summed E-state index contributed by atoms with van der Waals surface area (Å²) in [7, 11) is 1.61. The first-order chi connectivity index (χ1) is 9.54. The number of methoxy groups -OCH3 is 1. The van der Waals surface area contributed by atoms with Crippen LogP contribution in [0.5, 0.6) is 0 Å². The van der Waals surface area contributed by atoms with Gasteiger partial charge in [0, 0.05) is 25.3 Å². The lowest BCUT2D eigenvalue weighted by molar-refractivity contribution is 0.0937. The normalized spacial score (nSPS) is 11.2. The number of hydrogen-bond acceptors (Lipinski definition) is 3. The summed E-state index contributed by atoms with van der Waals surface area (Å²) in [6.45, 7) is 7.25. The minimum atomic E-state index is -0.0966. The van der Waals surface area contributed by atoms with E-state index >= 15 is 0 Å². The zero-order valence-corrected chi connectivity index (χ0v) is 12.4. The van der Waals surface area contributed by atoms with E-state index in [2.05, 4.69) is 28.7 Å². The van der Waals surface area contributed by atoms with Crippen LogP contribution < -0.4 is 5.32 Å². The van der Waals surface area contributed by atoms with Crippen LogP contribution in [0, 0.1) is 6.92 Å². The van der Waals surface area contributed by atoms with Crippen LogP contribution in [0.15, 0.2) is 18.2 Å². The van der Waals surface area contributed by atoms with Crippen LogP contribution in [0.25, 0.3) is 11.0 Å². The van der Waals surface area contributed by atoms with Crippen LogP contribution in [0.1, 0.15) is 36.1 Å². The first kappa shape index (κ1) is 14.5. The Kier molecular flexibility index (Phi) is 4.39. The Labute approximate surface area is 118 Å². The highest BCUT2D eigenvalue weighted by Crippen LogP contribution is 2.21. The molecule has 1 N–H and O–H groups in total. The number of aryl methyl sites for hydroxylation is 1. The van der Waals surface area contributed by atoms with Gasteiger partial charge in [0.1, 0.15) is 5.82 Å². The Hall–Kier alpha value is -1.88. The third-order valence-corrected chi connectivity index (χ3v) is 3.24. The molecule has 0 aliphatic carbocycles. The van der Waals surface area contributed by atoms with Crippen LogP contribution in [0.4, 0.5) is 0 Å². The number of imidazole rings is 1. The van der Waals surface area contributed by atoms with Gasteiger partial charge in [0.2, 0.25) is 0 Å². The summed E-state index contributed by atoms with van der Waals surface area (Å²) >= 11 is 0. The molecule has 0 spiro atoms. The van der Waals surface area contributed by atoms with E-state index in [1.165, 1.54) is 0 Å². The number of ether oxygens (including phenoxy) is 1. The first-order valence-electron chi connectivity index (χ1n) is 6.80. The standard InChI is InChI=1S/C15H21N3O2/c1-10(2)18-11(3)17-13-9-12(5-6-14(13)18)15(19)16-7-8-20-4/h5-6,9-10H,7-8H2,1-4H3,(H,16,19). The molecule has 0 bridgehead atoms. The summed E-state index contributed by atoms with van der Waals surface area (Å²) in [5.41, 5.74) is 2.54. The molecule has 1 heterocycles. The van der Waals surface area contributed by atoms with Gasteiger partial charge in [-0.05, 0) is 39.0 Å². The van der Waals surface area contributed by atoms with Gasteiger partial charge in [-0.3, -0.25) is 4.79 Å². The Morgan fingerprint density at radius 2 is 2.20 bits per heavy atom. The highest BCUT2D eigenvalue weighted by Gasteiger charge is 2.12. The van der Waals surface area contributed by atoms with Gasteiger partial charge in [0.25, 0.3) is 5.91 Å². The Morgan fingerprint density at radius 1 is 1.45 bits per heavy atom. The number of fused-ring (bicyclic) bond motifs is 1. The van der Waals surface area contributed by atoms with E-state index in [0.717, 1.165) is 16.9 Å². The second-order valence-corrected chi connectivity index (χ2v) is 5.07. The van der Waals surface area contributed by atoms with Crippen molar-refractivity contribution in [2.75, 3.05) is 20.3 Å². The average molecular weight is 275 g/mol. The number of nitrogens with one attached hydrogen (secondary N) is 1. The van der Waals surface area contributed by atoms with Gasteiger partial charge in [-0.1, -0.05) is 0 Å². The molecule has 20 heavy (non-hydrogen) atoms. The summed E-state index contributed by atoms with van der Waals surface area (Å²) in [4.78, 5) is 16.5. The van der Waals surface area contributed by atoms with Gasteiger partial charge < -0.3 is 14.6 Å². The fraction of sp³-hybridized carbons (Fsp3) is 0.467.